The van der Waals surface area contributed by atoms with E-state index < -0.39 is 12.5 Å². The molecule has 0 aliphatic heterocycles. The lowest BCUT2D eigenvalue weighted by atomic mass is 9.83. The summed E-state index contributed by atoms with van der Waals surface area (Å²) in [6.45, 7) is 4.09. The molecule has 1 fully saturated rings. The predicted molar refractivity (Wildman–Crippen MR) is 47.7 cm³/mol. The first-order valence-corrected chi connectivity index (χ1v) is 5.00. The highest BCUT2D eigenvalue weighted by atomic mass is 19.3. The van der Waals surface area contributed by atoms with E-state index in [1.165, 1.54) is 0 Å². The number of aliphatic hydroxyl groups is 1. The molecule has 1 rings (SSSR count). The van der Waals surface area contributed by atoms with Crippen molar-refractivity contribution in [2.45, 2.75) is 45.6 Å². The number of rotatable bonds is 3. The summed E-state index contributed by atoms with van der Waals surface area (Å²) in [4.78, 5) is 0. The third kappa shape index (κ3) is 2.39. The number of aliphatic hydroxyl groups excluding tert-OH is 1. The third-order valence-electron chi connectivity index (χ3n) is 3.18. The van der Waals surface area contributed by atoms with E-state index in [-0.39, 0.29) is 11.8 Å². The summed E-state index contributed by atoms with van der Waals surface area (Å²) in [7, 11) is 0. The fourth-order valence-corrected chi connectivity index (χ4v) is 2.46. The minimum atomic E-state index is -2.58. The summed E-state index contributed by atoms with van der Waals surface area (Å²) in [5.74, 6) is 0.505. The van der Waals surface area contributed by atoms with Crippen molar-refractivity contribution in [2.24, 2.45) is 17.8 Å². The fraction of sp³-hybridized carbons (Fsp3) is 1.00. The van der Waals surface area contributed by atoms with Gasteiger partial charge in [0.1, 0.15) is 6.10 Å². The summed E-state index contributed by atoms with van der Waals surface area (Å²) in [5, 5.41) is 9.30. The molecule has 78 valence electrons. The van der Waals surface area contributed by atoms with Gasteiger partial charge in [-0.2, -0.15) is 0 Å². The van der Waals surface area contributed by atoms with Crippen LogP contribution in [0.25, 0.3) is 0 Å². The molecule has 1 aliphatic carbocycles. The first kappa shape index (κ1) is 10.9. The molecule has 1 nitrogen and oxygen atoms in total. The van der Waals surface area contributed by atoms with Crippen molar-refractivity contribution >= 4 is 0 Å². The molecule has 1 aliphatic rings. The first-order chi connectivity index (χ1) is 6.04. The average Bonchev–Trinajstić information content (AvgIpc) is 2.50. The van der Waals surface area contributed by atoms with Gasteiger partial charge in [0.15, 0.2) is 0 Å². The van der Waals surface area contributed by atoms with Crippen LogP contribution in [-0.4, -0.2) is 17.6 Å². The molecule has 0 amide bonds. The van der Waals surface area contributed by atoms with Crippen LogP contribution in [0.4, 0.5) is 8.78 Å². The SMILES string of the molecule is CC(C)C1CCCC1C(O)C(F)F. The van der Waals surface area contributed by atoms with Crippen molar-refractivity contribution in [3.8, 4) is 0 Å². The Labute approximate surface area is 78.1 Å². The van der Waals surface area contributed by atoms with Crippen LogP contribution >= 0.6 is 0 Å². The van der Waals surface area contributed by atoms with E-state index in [0.29, 0.717) is 5.92 Å². The van der Waals surface area contributed by atoms with Crippen LogP contribution in [0.3, 0.4) is 0 Å². The lowest BCUT2D eigenvalue weighted by Crippen LogP contribution is -2.32. The van der Waals surface area contributed by atoms with Crippen molar-refractivity contribution in [2.75, 3.05) is 0 Å². The number of hydrogen-bond donors (Lipinski definition) is 1. The van der Waals surface area contributed by atoms with E-state index in [0.717, 1.165) is 19.3 Å². The van der Waals surface area contributed by atoms with E-state index >= 15 is 0 Å². The zero-order valence-corrected chi connectivity index (χ0v) is 8.21. The monoisotopic (exact) mass is 192 g/mol. The van der Waals surface area contributed by atoms with E-state index in [9.17, 15) is 13.9 Å². The van der Waals surface area contributed by atoms with Gasteiger partial charge in [0.25, 0.3) is 6.43 Å². The number of hydrogen-bond acceptors (Lipinski definition) is 1. The highest BCUT2D eigenvalue weighted by Gasteiger charge is 2.38. The van der Waals surface area contributed by atoms with Gasteiger partial charge in [-0.05, 0) is 30.6 Å². The lowest BCUT2D eigenvalue weighted by Gasteiger charge is -2.26. The topological polar surface area (TPSA) is 20.2 Å². The minimum absolute atomic E-state index is 0.181. The second-order valence-electron chi connectivity index (χ2n) is 4.33. The molecule has 0 aromatic rings. The molecule has 1 N–H and O–H groups in total. The van der Waals surface area contributed by atoms with Gasteiger partial charge < -0.3 is 5.11 Å². The van der Waals surface area contributed by atoms with Gasteiger partial charge in [0, 0.05) is 0 Å². The molecule has 0 saturated heterocycles. The smallest absolute Gasteiger partial charge is 0.264 e. The fourth-order valence-electron chi connectivity index (χ4n) is 2.46. The molecule has 0 aromatic carbocycles. The molecule has 13 heavy (non-hydrogen) atoms. The highest BCUT2D eigenvalue weighted by molar-refractivity contribution is 4.85. The Morgan fingerprint density at radius 2 is 1.69 bits per heavy atom. The van der Waals surface area contributed by atoms with E-state index in [1.807, 2.05) is 13.8 Å². The Kier molecular flexibility index (Phi) is 3.65. The Bertz CT molecular complexity index is 159. The predicted octanol–water partition coefficient (Wildman–Crippen LogP) is 2.68. The second kappa shape index (κ2) is 4.36. The molecular formula is C10H18F2O. The number of halogens is 2. The molecule has 3 atom stereocenters. The van der Waals surface area contributed by atoms with Gasteiger partial charge in [-0.3, -0.25) is 0 Å². The molecular weight excluding hydrogens is 174 g/mol. The summed E-state index contributed by atoms with van der Waals surface area (Å²) in [6, 6.07) is 0. The Balaban J connectivity index is 2.57. The van der Waals surface area contributed by atoms with E-state index in [4.69, 9.17) is 0 Å². The first-order valence-electron chi connectivity index (χ1n) is 5.00. The molecule has 0 spiro atoms. The van der Waals surface area contributed by atoms with Crippen LogP contribution in [0.15, 0.2) is 0 Å². The zero-order chi connectivity index (χ0) is 10.0. The van der Waals surface area contributed by atoms with Crippen LogP contribution in [0, 0.1) is 17.8 Å². The normalized spacial score (nSPS) is 31.6. The maximum atomic E-state index is 12.3. The second-order valence-corrected chi connectivity index (χ2v) is 4.33. The number of alkyl halides is 2. The standard InChI is InChI=1S/C10H18F2O/c1-6(2)7-4-3-5-8(7)9(13)10(11)12/h6-10,13H,3-5H2,1-2H3. The summed E-state index contributed by atoms with van der Waals surface area (Å²) < 4.78 is 24.5. The Hall–Kier alpha value is -0.180. The molecule has 0 bridgehead atoms. The van der Waals surface area contributed by atoms with Gasteiger partial charge in [-0.15, -0.1) is 0 Å². The Morgan fingerprint density at radius 1 is 1.15 bits per heavy atom. The van der Waals surface area contributed by atoms with Crippen LogP contribution in [-0.2, 0) is 0 Å². The van der Waals surface area contributed by atoms with Gasteiger partial charge in [0.05, 0.1) is 0 Å². The van der Waals surface area contributed by atoms with Crippen molar-refractivity contribution in [3.05, 3.63) is 0 Å². The van der Waals surface area contributed by atoms with Gasteiger partial charge >= 0.3 is 0 Å². The summed E-state index contributed by atoms with van der Waals surface area (Å²) in [6.07, 6.45) is -1.25. The van der Waals surface area contributed by atoms with Crippen LogP contribution < -0.4 is 0 Å². The molecule has 3 heteroatoms. The van der Waals surface area contributed by atoms with Crippen molar-refractivity contribution in [1.29, 1.82) is 0 Å². The maximum Gasteiger partial charge on any atom is 0.264 e. The van der Waals surface area contributed by atoms with E-state index in [2.05, 4.69) is 0 Å². The van der Waals surface area contributed by atoms with Gasteiger partial charge in [0.2, 0.25) is 0 Å². The zero-order valence-electron chi connectivity index (χ0n) is 8.21. The molecule has 0 aromatic heterocycles. The third-order valence-corrected chi connectivity index (χ3v) is 3.18. The van der Waals surface area contributed by atoms with Crippen molar-refractivity contribution in [3.63, 3.8) is 0 Å². The molecule has 0 radical (unpaired) electrons. The highest BCUT2D eigenvalue weighted by Crippen LogP contribution is 2.40. The summed E-state index contributed by atoms with van der Waals surface area (Å²) >= 11 is 0. The van der Waals surface area contributed by atoms with Crippen molar-refractivity contribution in [1.82, 2.24) is 0 Å². The van der Waals surface area contributed by atoms with Gasteiger partial charge in [-0.1, -0.05) is 20.3 Å². The minimum Gasteiger partial charge on any atom is -0.387 e. The Morgan fingerprint density at radius 3 is 2.15 bits per heavy atom. The van der Waals surface area contributed by atoms with E-state index in [1.54, 1.807) is 0 Å². The average molecular weight is 192 g/mol. The van der Waals surface area contributed by atoms with Crippen LogP contribution in [0.1, 0.15) is 33.1 Å². The molecule has 0 heterocycles. The maximum absolute atomic E-state index is 12.3. The molecule has 1 saturated carbocycles. The largest absolute Gasteiger partial charge is 0.387 e. The van der Waals surface area contributed by atoms with Crippen molar-refractivity contribution < 1.29 is 13.9 Å². The quantitative estimate of drug-likeness (QED) is 0.729. The van der Waals surface area contributed by atoms with Crippen LogP contribution in [0.2, 0.25) is 0 Å². The summed E-state index contributed by atoms with van der Waals surface area (Å²) in [5.41, 5.74) is 0. The molecule has 3 unspecified atom stereocenters. The van der Waals surface area contributed by atoms with Crippen LogP contribution in [0.5, 0.6) is 0 Å². The van der Waals surface area contributed by atoms with Gasteiger partial charge in [-0.25, -0.2) is 8.78 Å². The lowest BCUT2D eigenvalue weighted by molar-refractivity contribution is -0.0525.